The van der Waals surface area contributed by atoms with Gasteiger partial charge in [0, 0.05) is 23.5 Å². The Bertz CT molecular complexity index is 627. The quantitative estimate of drug-likeness (QED) is 0.900. The minimum Gasteiger partial charge on any atom is -0.367 e. The van der Waals surface area contributed by atoms with Crippen molar-refractivity contribution in [3.05, 3.63) is 29.2 Å². The van der Waals surface area contributed by atoms with Crippen molar-refractivity contribution in [2.45, 2.75) is 39.7 Å². The van der Waals surface area contributed by atoms with Gasteiger partial charge in [-0.15, -0.1) is 0 Å². The zero-order valence-corrected chi connectivity index (χ0v) is 12.8. The molecule has 0 bridgehead atoms. The largest absolute Gasteiger partial charge is 0.367 e. The Kier molecular flexibility index (Phi) is 3.88. The second-order valence-electron chi connectivity index (χ2n) is 5.70. The number of anilines is 1. The molecule has 1 saturated heterocycles. The summed E-state index contributed by atoms with van der Waals surface area (Å²) in [4.78, 5) is 9.14. The molecule has 0 aromatic carbocycles. The van der Waals surface area contributed by atoms with Crippen LogP contribution in [0.4, 0.5) is 5.82 Å². The van der Waals surface area contributed by atoms with Crippen LogP contribution in [0.25, 0.3) is 5.95 Å². The highest BCUT2D eigenvalue weighted by Gasteiger charge is 2.15. The summed E-state index contributed by atoms with van der Waals surface area (Å²) in [6.07, 6.45) is 2.25. The van der Waals surface area contributed by atoms with Gasteiger partial charge in [-0.25, -0.2) is 9.67 Å². The van der Waals surface area contributed by atoms with Crippen molar-refractivity contribution in [1.82, 2.24) is 25.1 Å². The Morgan fingerprint density at radius 3 is 2.52 bits per heavy atom. The first kappa shape index (κ1) is 14.0. The fourth-order valence-corrected chi connectivity index (χ4v) is 2.73. The molecular weight excluding hydrogens is 264 g/mol. The Morgan fingerprint density at radius 2 is 1.86 bits per heavy atom. The van der Waals surface area contributed by atoms with Crippen molar-refractivity contribution in [3.8, 4) is 5.95 Å². The predicted octanol–water partition coefficient (Wildman–Crippen LogP) is 1.75. The first-order valence-electron chi connectivity index (χ1n) is 7.48. The molecule has 2 N–H and O–H groups in total. The molecule has 1 fully saturated rings. The Hall–Kier alpha value is -1.95. The van der Waals surface area contributed by atoms with Gasteiger partial charge in [-0.2, -0.15) is 10.1 Å². The van der Waals surface area contributed by atoms with Gasteiger partial charge in [0.15, 0.2) is 0 Å². The second-order valence-corrected chi connectivity index (χ2v) is 5.70. The molecule has 6 heteroatoms. The van der Waals surface area contributed by atoms with Crippen molar-refractivity contribution >= 4 is 5.82 Å². The van der Waals surface area contributed by atoms with Crippen LogP contribution < -0.4 is 10.6 Å². The number of nitrogens with one attached hydrogen (secondary N) is 2. The summed E-state index contributed by atoms with van der Waals surface area (Å²) >= 11 is 0. The lowest BCUT2D eigenvalue weighted by molar-refractivity contribution is 0.478. The fraction of sp³-hybridized carbons (Fsp3) is 0.533. The molecule has 3 rings (SSSR count). The van der Waals surface area contributed by atoms with E-state index in [1.807, 2.05) is 32.9 Å². The summed E-state index contributed by atoms with van der Waals surface area (Å²) in [5.74, 6) is 1.52. The van der Waals surface area contributed by atoms with Crippen LogP contribution in [0.5, 0.6) is 0 Å². The molecule has 0 spiro atoms. The van der Waals surface area contributed by atoms with E-state index in [0.717, 1.165) is 48.8 Å². The van der Waals surface area contributed by atoms with Gasteiger partial charge in [0.25, 0.3) is 5.95 Å². The second kappa shape index (κ2) is 5.81. The maximum absolute atomic E-state index is 4.63. The zero-order chi connectivity index (χ0) is 14.8. The Morgan fingerprint density at radius 1 is 1.10 bits per heavy atom. The predicted molar refractivity (Wildman–Crippen MR) is 82.9 cm³/mol. The highest BCUT2D eigenvalue weighted by molar-refractivity contribution is 5.40. The van der Waals surface area contributed by atoms with Gasteiger partial charge in [-0.3, -0.25) is 0 Å². The smallest absolute Gasteiger partial charge is 0.252 e. The van der Waals surface area contributed by atoms with Crippen LogP contribution in [0.15, 0.2) is 12.1 Å². The zero-order valence-electron chi connectivity index (χ0n) is 12.8. The molecule has 1 aliphatic heterocycles. The third kappa shape index (κ3) is 3.21. The molecule has 0 atom stereocenters. The monoisotopic (exact) mass is 286 g/mol. The minimum absolute atomic E-state index is 0.480. The number of nitrogens with zero attached hydrogens (tertiary/aromatic N) is 4. The van der Waals surface area contributed by atoms with E-state index in [1.54, 1.807) is 4.68 Å². The Labute approximate surface area is 125 Å². The van der Waals surface area contributed by atoms with Gasteiger partial charge in [0.05, 0.1) is 5.69 Å². The molecule has 3 heterocycles. The van der Waals surface area contributed by atoms with Gasteiger partial charge in [-0.1, -0.05) is 0 Å². The SMILES string of the molecule is Cc1cc(NC2CCNCC2)nc(-n2nc(C)cc2C)n1. The van der Waals surface area contributed by atoms with Crippen molar-refractivity contribution in [1.29, 1.82) is 0 Å². The molecule has 6 nitrogen and oxygen atoms in total. The van der Waals surface area contributed by atoms with Crippen LogP contribution in [0.1, 0.15) is 29.9 Å². The summed E-state index contributed by atoms with van der Waals surface area (Å²) in [5.41, 5.74) is 2.97. The van der Waals surface area contributed by atoms with Crippen LogP contribution in [-0.2, 0) is 0 Å². The molecule has 0 amide bonds. The molecule has 21 heavy (non-hydrogen) atoms. The molecule has 1 aliphatic rings. The van der Waals surface area contributed by atoms with Crippen LogP contribution in [0.3, 0.4) is 0 Å². The van der Waals surface area contributed by atoms with Gasteiger partial charge < -0.3 is 10.6 Å². The number of aromatic nitrogens is 4. The summed E-state index contributed by atoms with van der Waals surface area (Å²) in [7, 11) is 0. The number of aryl methyl sites for hydroxylation is 3. The molecule has 112 valence electrons. The average molecular weight is 286 g/mol. The third-order valence-corrected chi connectivity index (χ3v) is 3.73. The van der Waals surface area contributed by atoms with Crippen molar-refractivity contribution in [3.63, 3.8) is 0 Å². The van der Waals surface area contributed by atoms with E-state index in [4.69, 9.17) is 0 Å². The molecule has 0 unspecified atom stereocenters. The first-order chi connectivity index (χ1) is 10.1. The van der Waals surface area contributed by atoms with Gasteiger partial charge >= 0.3 is 0 Å². The Balaban J connectivity index is 1.87. The van der Waals surface area contributed by atoms with E-state index in [0.29, 0.717) is 12.0 Å². The summed E-state index contributed by atoms with van der Waals surface area (Å²) in [6, 6.07) is 4.51. The van der Waals surface area contributed by atoms with Gasteiger partial charge in [0.1, 0.15) is 5.82 Å². The minimum atomic E-state index is 0.480. The van der Waals surface area contributed by atoms with Crippen LogP contribution in [-0.4, -0.2) is 38.9 Å². The maximum Gasteiger partial charge on any atom is 0.252 e. The molecule has 2 aromatic heterocycles. The van der Waals surface area contributed by atoms with Crippen LogP contribution >= 0.6 is 0 Å². The maximum atomic E-state index is 4.63. The van der Waals surface area contributed by atoms with Crippen molar-refractivity contribution in [2.24, 2.45) is 0 Å². The summed E-state index contributed by atoms with van der Waals surface area (Å²) in [5, 5.41) is 11.4. The third-order valence-electron chi connectivity index (χ3n) is 3.73. The highest BCUT2D eigenvalue weighted by Crippen LogP contribution is 2.15. The van der Waals surface area contributed by atoms with Gasteiger partial charge in [-0.05, 0) is 52.8 Å². The normalized spacial score (nSPS) is 16.1. The van der Waals surface area contributed by atoms with E-state index >= 15 is 0 Å². The highest BCUT2D eigenvalue weighted by atomic mass is 15.4. The van der Waals surface area contributed by atoms with Crippen LogP contribution in [0.2, 0.25) is 0 Å². The molecule has 0 aliphatic carbocycles. The lowest BCUT2D eigenvalue weighted by Crippen LogP contribution is -2.35. The first-order valence-corrected chi connectivity index (χ1v) is 7.48. The standard InChI is InChI=1S/C15H22N6/c1-10-9-14(18-13-4-6-16-7-5-13)19-15(17-10)21-12(3)8-11(2)20-21/h8-9,13,16H,4-7H2,1-3H3,(H,17,18,19). The lowest BCUT2D eigenvalue weighted by Gasteiger charge is -2.24. The number of piperidine rings is 1. The average Bonchev–Trinajstić information content (AvgIpc) is 2.78. The topological polar surface area (TPSA) is 67.7 Å². The lowest BCUT2D eigenvalue weighted by atomic mass is 10.1. The molecular formula is C15H22N6. The molecule has 2 aromatic rings. The summed E-state index contributed by atoms with van der Waals surface area (Å²) in [6.45, 7) is 8.11. The number of hydrogen-bond donors (Lipinski definition) is 2. The fourth-order valence-electron chi connectivity index (χ4n) is 2.73. The van der Waals surface area contributed by atoms with E-state index in [-0.39, 0.29) is 0 Å². The van der Waals surface area contributed by atoms with E-state index < -0.39 is 0 Å². The number of hydrogen-bond acceptors (Lipinski definition) is 5. The van der Waals surface area contributed by atoms with Crippen LogP contribution in [0, 0.1) is 20.8 Å². The van der Waals surface area contributed by atoms with E-state index in [9.17, 15) is 0 Å². The van der Waals surface area contributed by atoms with E-state index in [1.165, 1.54) is 0 Å². The van der Waals surface area contributed by atoms with Crippen molar-refractivity contribution in [2.75, 3.05) is 18.4 Å². The van der Waals surface area contributed by atoms with Gasteiger partial charge in [0.2, 0.25) is 0 Å². The van der Waals surface area contributed by atoms with Crippen molar-refractivity contribution < 1.29 is 0 Å². The molecule has 0 saturated carbocycles. The number of rotatable bonds is 3. The summed E-state index contributed by atoms with van der Waals surface area (Å²) < 4.78 is 1.80. The molecule has 0 radical (unpaired) electrons. The van der Waals surface area contributed by atoms with E-state index in [2.05, 4.69) is 25.7 Å².